The molecule has 9 nitrogen and oxygen atoms in total. The van der Waals surface area contributed by atoms with Crippen molar-refractivity contribution in [3.8, 4) is 22.9 Å². The molecule has 30 heavy (non-hydrogen) atoms. The molecule has 1 aliphatic heterocycles. The summed E-state index contributed by atoms with van der Waals surface area (Å²) in [6.07, 6.45) is 2.88. The highest BCUT2D eigenvalue weighted by Gasteiger charge is 2.37. The number of carbonyl (C=O) groups is 1. The molecule has 0 bridgehead atoms. The lowest BCUT2D eigenvalue weighted by Gasteiger charge is -2.18. The van der Waals surface area contributed by atoms with Gasteiger partial charge in [0.15, 0.2) is 11.6 Å². The first-order valence-corrected chi connectivity index (χ1v) is 9.57. The normalized spacial score (nSPS) is 16.5. The third kappa shape index (κ3) is 3.37. The monoisotopic (exact) mass is 409 g/mol. The van der Waals surface area contributed by atoms with Gasteiger partial charge in [-0.15, -0.1) is 0 Å². The molecule has 0 saturated heterocycles. The molecule has 0 saturated carbocycles. The summed E-state index contributed by atoms with van der Waals surface area (Å²) >= 11 is 0. The van der Waals surface area contributed by atoms with Gasteiger partial charge in [-0.2, -0.15) is 5.10 Å². The van der Waals surface area contributed by atoms with Crippen LogP contribution in [0.4, 0.5) is 5.82 Å². The van der Waals surface area contributed by atoms with E-state index >= 15 is 0 Å². The number of aromatic nitrogens is 4. The second-order valence-corrected chi connectivity index (χ2v) is 7.16. The van der Waals surface area contributed by atoms with Crippen molar-refractivity contribution >= 4 is 11.7 Å². The number of rotatable bonds is 6. The van der Waals surface area contributed by atoms with Crippen LogP contribution < -0.4 is 14.4 Å². The first kappa shape index (κ1) is 19.8. The lowest BCUT2D eigenvalue weighted by Crippen LogP contribution is -2.27. The van der Waals surface area contributed by atoms with E-state index in [9.17, 15) is 9.90 Å². The van der Waals surface area contributed by atoms with E-state index in [0.29, 0.717) is 40.9 Å². The van der Waals surface area contributed by atoms with Crippen LogP contribution >= 0.6 is 0 Å². The lowest BCUT2D eigenvalue weighted by atomic mass is 10.1. The minimum Gasteiger partial charge on any atom is -0.491 e. The topological polar surface area (TPSA) is 103 Å². The molecule has 156 valence electrons. The first-order valence-electron chi connectivity index (χ1n) is 9.57. The Kier molecular flexibility index (Phi) is 5.13. The van der Waals surface area contributed by atoms with Gasteiger partial charge >= 0.3 is 0 Å². The molecule has 1 aliphatic rings. The summed E-state index contributed by atoms with van der Waals surface area (Å²) in [6, 6.07) is 6.86. The van der Waals surface area contributed by atoms with Crippen LogP contribution in [0.5, 0.6) is 11.6 Å². The van der Waals surface area contributed by atoms with Crippen LogP contribution in [0, 0.1) is 0 Å². The Morgan fingerprint density at radius 3 is 2.73 bits per heavy atom. The number of fused-ring (bicyclic) bond motifs is 1. The summed E-state index contributed by atoms with van der Waals surface area (Å²) in [7, 11) is 3.08. The Morgan fingerprint density at radius 2 is 2.03 bits per heavy atom. The Hall–Kier alpha value is -3.46. The van der Waals surface area contributed by atoms with Crippen molar-refractivity contribution in [2.75, 3.05) is 19.1 Å². The standard InChI is InChI=1S/C21H23N5O4/c1-12(27)11-25-8-7-18(24-25)26-13(2)19-15(21(26)28)5-6-16(23-19)14-9-17(29-3)20(30-4)22-10-14/h5-10,12-13,27H,11H2,1-4H3/t12-,13?/m1/s1. The van der Waals surface area contributed by atoms with Crippen LogP contribution in [0.3, 0.4) is 0 Å². The molecule has 1 N–H and O–H groups in total. The molecule has 1 unspecified atom stereocenters. The predicted molar refractivity (Wildman–Crippen MR) is 110 cm³/mol. The van der Waals surface area contributed by atoms with Crippen LogP contribution in [0.25, 0.3) is 11.3 Å². The van der Waals surface area contributed by atoms with Crippen LogP contribution in [0.1, 0.15) is 35.9 Å². The van der Waals surface area contributed by atoms with E-state index in [-0.39, 0.29) is 11.9 Å². The fraction of sp³-hybridized carbons (Fsp3) is 0.333. The van der Waals surface area contributed by atoms with E-state index in [4.69, 9.17) is 14.5 Å². The highest BCUT2D eigenvalue weighted by Crippen LogP contribution is 2.37. The van der Waals surface area contributed by atoms with Crippen molar-refractivity contribution in [1.82, 2.24) is 19.7 Å². The number of ether oxygens (including phenoxy) is 2. The van der Waals surface area contributed by atoms with E-state index in [1.807, 2.05) is 6.92 Å². The van der Waals surface area contributed by atoms with Crippen molar-refractivity contribution < 1.29 is 19.4 Å². The van der Waals surface area contributed by atoms with Gasteiger partial charge in [0.1, 0.15) is 0 Å². The molecular weight excluding hydrogens is 386 g/mol. The Bertz CT molecular complexity index is 1090. The molecule has 0 aliphatic carbocycles. The van der Waals surface area contributed by atoms with E-state index in [0.717, 1.165) is 5.56 Å². The van der Waals surface area contributed by atoms with Gasteiger partial charge in [0.05, 0.1) is 49.9 Å². The summed E-state index contributed by atoms with van der Waals surface area (Å²) in [5.74, 6) is 1.28. The number of amides is 1. The summed E-state index contributed by atoms with van der Waals surface area (Å²) in [6.45, 7) is 3.97. The maximum absolute atomic E-state index is 13.0. The Morgan fingerprint density at radius 1 is 1.23 bits per heavy atom. The molecule has 3 aromatic heterocycles. The van der Waals surface area contributed by atoms with Crippen molar-refractivity contribution in [2.45, 2.75) is 32.5 Å². The fourth-order valence-electron chi connectivity index (χ4n) is 3.59. The summed E-state index contributed by atoms with van der Waals surface area (Å²) in [4.78, 5) is 23.6. The van der Waals surface area contributed by atoms with E-state index in [2.05, 4.69) is 10.1 Å². The third-order valence-corrected chi connectivity index (χ3v) is 5.01. The highest BCUT2D eigenvalue weighted by molar-refractivity contribution is 6.10. The van der Waals surface area contributed by atoms with Gasteiger partial charge in [0.2, 0.25) is 0 Å². The van der Waals surface area contributed by atoms with Gasteiger partial charge in [-0.3, -0.25) is 14.4 Å². The highest BCUT2D eigenvalue weighted by atomic mass is 16.5. The first-order chi connectivity index (χ1) is 14.4. The van der Waals surface area contributed by atoms with Gasteiger partial charge in [-0.1, -0.05) is 0 Å². The molecule has 2 atom stereocenters. The predicted octanol–water partition coefficient (Wildman–Crippen LogP) is 2.46. The number of hydrogen-bond acceptors (Lipinski definition) is 7. The largest absolute Gasteiger partial charge is 0.491 e. The lowest BCUT2D eigenvalue weighted by molar-refractivity contribution is 0.0991. The number of nitrogens with zero attached hydrogens (tertiary/aromatic N) is 5. The van der Waals surface area contributed by atoms with Crippen LogP contribution in [0.15, 0.2) is 36.7 Å². The number of aliphatic hydroxyl groups excluding tert-OH is 1. The van der Waals surface area contributed by atoms with Gasteiger partial charge in [-0.05, 0) is 32.0 Å². The summed E-state index contributed by atoms with van der Waals surface area (Å²) in [5, 5.41) is 14.0. The molecule has 0 radical (unpaired) electrons. The van der Waals surface area contributed by atoms with Gasteiger partial charge in [-0.25, -0.2) is 9.97 Å². The van der Waals surface area contributed by atoms with Gasteiger partial charge in [0, 0.05) is 24.0 Å². The third-order valence-electron chi connectivity index (χ3n) is 5.01. The molecule has 0 spiro atoms. The van der Waals surface area contributed by atoms with Crippen LogP contribution in [-0.4, -0.2) is 51.1 Å². The van der Waals surface area contributed by atoms with Crippen molar-refractivity contribution in [1.29, 1.82) is 0 Å². The molecule has 1 amide bonds. The Balaban J connectivity index is 1.67. The van der Waals surface area contributed by atoms with E-state index in [1.165, 1.54) is 7.11 Å². The van der Waals surface area contributed by atoms with E-state index < -0.39 is 6.10 Å². The molecule has 4 rings (SSSR count). The minimum atomic E-state index is -0.527. The Labute approximate surface area is 173 Å². The van der Waals surface area contributed by atoms with Gasteiger partial charge in [0.25, 0.3) is 11.8 Å². The molecule has 0 fully saturated rings. The summed E-state index contributed by atoms with van der Waals surface area (Å²) in [5.41, 5.74) is 2.67. The fourth-order valence-corrected chi connectivity index (χ4v) is 3.59. The SMILES string of the molecule is COc1cc(-c2ccc3c(n2)C(C)N(c2ccn(C[C@@H](C)O)n2)C3=O)cnc1OC. The molecule has 3 aromatic rings. The average Bonchev–Trinajstić information content (AvgIpc) is 3.28. The smallest absolute Gasteiger partial charge is 0.262 e. The maximum atomic E-state index is 13.0. The van der Waals surface area contributed by atoms with Crippen LogP contribution in [0.2, 0.25) is 0 Å². The van der Waals surface area contributed by atoms with Crippen molar-refractivity contribution in [3.05, 3.63) is 47.9 Å². The van der Waals surface area contributed by atoms with Crippen molar-refractivity contribution in [2.24, 2.45) is 0 Å². The average molecular weight is 409 g/mol. The number of aliphatic hydroxyl groups is 1. The number of methoxy groups -OCH3 is 2. The second kappa shape index (κ2) is 7.75. The second-order valence-electron chi connectivity index (χ2n) is 7.16. The van der Waals surface area contributed by atoms with Gasteiger partial charge < -0.3 is 14.6 Å². The quantitative estimate of drug-likeness (QED) is 0.667. The van der Waals surface area contributed by atoms with E-state index in [1.54, 1.807) is 60.3 Å². The maximum Gasteiger partial charge on any atom is 0.262 e. The number of hydrogen-bond donors (Lipinski definition) is 1. The molecular formula is C21H23N5O4. The zero-order chi connectivity index (χ0) is 21.4. The van der Waals surface area contributed by atoms with Crippen molar-refractivity contribution in [3.63, 3.8) is 0 Å². The molecule has 0 aromatic carbocycles. The summed E-state index contributed by atoms with van der Waals surface area (Å²) < 4.78 is 12.1. The number of pyridine rings is 2. The minimum absolute atomic E-state index is 0.149. The zero-order valence-corrected chi connectivity index (χ0v) is 17.2. The number of carbonyl (C=O) groups excluding carboxylic acids is 1. The van der Waals surface area contributed by atoms with Crippen LogP contribution in [-0.2, 0) is 6.54 Å². The zero-order valence-electron chi connectivity index (χ0n) is 17.2. The molecule has 4 heterocycles. The molecule has 9 heteroatoms. The number of anilines is 1.